The Bertz CT molecular complexity index is 649. The second-order valence-electron chi connectivity index (χ2n) is 6.49. The van der Waals surface area contributed by atoms with Crippen LogP contribution in [0.5, 0.6) is 0 Å². The molecule has 23 heavy (non-hydrogen) atoms. The lowest BCUT2D eigenvalue weighted by atomic mass is 9.95. The first-order valence-corrected chi connectivity index (χ1v) is 7.02. The topological polar surface area (TPSA) is 129 Å². The van der Waals surface area contributed by atoms with E-state index in [1.165, 1.54) is 24.3 Å². The van der Waals surface area contributed by atoms with E-state index < -0.39 is 34.0 Å². The normalized spacial score (nSPS) is 23.2. The molecule has 0 aliphatic carbocycles. The minimum absolute atomic E-state index is 0.0320. The highest BCUT2D eigenvalue weighted by Gasteiger charge is 2.65. The number of nitro benzene ring substituents is 1. The van der Waals surface area contributed by atoms with Crippen LogP contribution in [0.15, 0.2) is 24.3 Å². The monoisotopic (exact) mass is 322 g/mol. The zero-order chi connectivity index (χ0) is 17.4. The number of esters is 1. The smallest absolute Gasteiger partial charge is 0.326 e. The van der Waals surface area contributed by atoms with Crippen LogP contribution in [0.3, 0.4) is 0 Å². The fourth-order valence-electron chi connectivity index (χ4n) is 2.31. The van der Waals surface area contributed by atoms with Crippen molar-refractivity contribution >= 4 is 17.6 Å². The highest BCUT2D eigenvalue weighted by molar-refractivity contribution is 5.96. The number of nitro groups is 1. The maximum absolute atomic E-state index is 12.0. The van der Waals surface area contributed by atoms with Gasteiger partial charge in [-0.1, -0.05) is 12.1 Å². The zero-order valence-corrected chi connectivity index (χ0v) is 13.0. The van der Waals surface area contributed by atoms with E-state index in [0.29, 0.717) is 5.56 Å². The first kappa shape index (κ1) is 16.9. The molecule has 1 aliphatic heterocycles. The van der Waals surface area contributed by atoms with Crippen LogP contribution >= 0.6 is 0 Å². The first-order valence-electron chi connectivity index (χ1n) is 7.02. The van der Waals surface area contributed by atoms with Crippen molar-refractivity contribution in [3.8, 4) is 0 Å². The largest absolute Gasteiger partial charge is 0.480 e. The molecule has 124 valence electrons. The third kappa shape index (κ3) is 3.65. The van der Waals surface area contributed by atoms with Gasteiger partial charge < -0.3 is 9.84 Å². The molecule has 2 rings (SSSR count). The number of aliphatic carboxylic acids is 1. The standard InChI is InChI=1S/C15H18N2O6/c1-14(2,3)23-12(18)11-15(16-11,13(19)20)8-9-4-6-10(7-5-9)17(21)22/h4-7,11,16H,8H2,1-3H3,(H,19,20). The number of hydrogen-bond donors (Lipinski definition) is 2. The minimum atomic E-state index is -1.43. The number of carbonyl (C=O) groups is 2. The number of benzene rings is 1. The Hall–Kier alpha value is -2.48. The molecule has 0 aromatic heterocycles. The minimum Gasteiger partial charge on any atom is -0.480 e. The molecule has 0 saturated carbocycles. The summed E-state index contributed by atoms with van der Waals surface area (Å²) in [7, 11) is 0. The summed E-state index contributed by atoms with van der Waals surface area (Å²) in [5, 5.41) is 22.8. The molecule has 2 N–H and O–H groups in total. The van der Waals surface area contributed by atoms with Gasteiger partial charge in [0.05, 0.1) is 4.92 Å². The van der Waals surface area contributed by atoms with Crippen LogP contribution in [-0.4, -0.2) is 39.2 Å². The third-order valence-electron chi connectivity index (χ3n) is 3.47. The molecule has 1 aliphatic rings. The van der Waals surface area contributed by atoms with Gasteiger partial charge in [0.2, 0.25) is 0 Å². The Morgan fingerprint density at radius 2 is 1.91 bits per heavy atom. The van der Waals surface area contributed by atoms with Gasteiger partial charge in [-0.15, -0.1) is 0 Å². The molecule has 1 heterocycles. The molecule has 0 amide bonds. The lowest BCUT2D eigenvalue weighted by Crippen LogP contribution is -2.36. The van der Waals surface area contributed by atoms with Crippen LogP contribution in [-0.2, 0) is 20.7 Å². The van der Waals surface area contributed by atoms with Crippen molar-refractivity contribution < 1.29 is 24.4 Å². The van der Waals surface area contributed by atoms with Crippen molar-refractivity contribution in [2.75, 3.05) is 0 Å². The number of carbonyl (C=O) groups excluding carboxylic acids is 1. The van der Waals surface area contributed by atoms with E-state index >= 15 is 0 Å². The molecule has 1 aromatic carbocycles. The van der Waals surface area contributed by atoms with Crippen LogP contribution in [0.1, 0.15) is 26.3 Å². The van der Waals surface area contributed by atoms with Gasteiger partial charge in [-0.25, -0.2) is 0 Å². The molecule has 1 fully saturated rings. The van der Waals surface area contributed by atoms with Gasteiger partial charge in [-0.2, -0.15) is 0 Å². The molecule has 2 unspecified atom stereocenters. The number of hydrogen-bond acceptors (Lipinski definition) is 6. The zero-order valence-electron chi connectivity index (χ0n) is 13.0. The Morgan fingerprint density at radius 3 is 2.35 bits per heavy atom. The van der Waals surface area contributed by atoms with Crippen LogP contribution < -0.4 is 5.32 Å². The van der Waals surface area contributed by atoms with Gasteiger partial charge in [0, 0.05) is 18.6 Å². The number of nitrogens with one attached hydrogen (secondary N) is 1. The predicted molar refractivity (Wildman–Crippen MR) is 79.9 cm³/mol. The van der Waals surface area contributed by atoms with E-state index in [4.69, 9.17) is 4.74 Å². The maximum atomic E-state index is 12.0. The molecule has 0 spiro atoms. The van der Waals surface area contributed by atoms with Crippen molar-refractivity contribution in [2.24, 2.45) is 0 Å². The molecular formula is C15H18N2O6. The fourth-order valence-corrected chi connectivity index (χ4v) is 2.31. The summed E-state index contributed by atoms with van der Waals surface area (Å²) in [5.74, 6) is -1.78. The molecule has 2 atom stereocenters. The Balaban J connectivity index is 2.13. The lowest BCUT2D eigenvalue weighted by Gasteiger charge is -2.19. The van der Waals surface area contributed by atoms with E-state index in [9.17, 15) is 24.8 Å². The van der Waals surface area contributed by atoms with E-state index in [2.05, 4.69) is 5.32 Å². The number of carboxylic acids is 1. The van der Waals surface area contributed by atoms with Crippen molar-refractivity contribution in [3.63, 3.8) is 0 Å². The second-order valence-corrected chi connectivity index (χ2v) is 6.49. The summed E-state index contributed by atoms with van der Waals surface area (Å²) >= 11 is 0. The first-order chi connectivity index (χ1) is 10.5. The maximum Gasteiger partial charge on any atom is 0.326 e. The van der Waals surface area contributed by atoms with Crippen molar-refractivity contribution in [3.05, 3.63) is 39.9 Å². The molecule has 0 radical (unpaired) electrons. The third-order valence-corrected chi connectivity index (χ3v) is 3.47. The quantitative estimate of drug-likeness (QED) is 0.361. The highest BCUT2D eigenvalue weighted by Crippen LogP contribution is 2.33. The summed E-state index contributed by atoms with van der Waals surface area (Å²) < 4.78 is 5.20. The summed E-state index contributed by atoms with van der Waals surface area (Å²) in [5.41, 5.74) is -1.64. The Morgan fingerprint density at radius 1 is 1.35 bits per heavy atom. The van der Waals surface area contributed by atoms with Gasteiger partial charge in [0.25, 0.3) is 5.69 Å². The number of carboxylic acid groups (broad SMARTS) is 1. The average Bonchev–Trinajstić information content (AvgIpc) is 3.13. The van der Waals surface area contributed by atoms with Crippen LogP contribution in [0, 0.1) is 10.1 Å². The van der Waals surface area contributed by atoms with Crippen LogP contribution in [0.25, 0.3) is 0 Å². The van der Waals surface area contributed by atoms with Gasteiger partial charge in [0.1, 0.15) is 17.2 Å². The van der Waals surface area contributed by atoms with E-state index in [1.54, 1.807) is 20.8 Å². The van der Waals surface area contributed by atoms with Gasteiger partial charge >= 0.3 is 11.9 Å². The predicted octanol–water partition coefficient (Wildman–Crippen LogP) is 1.27. The SMILES string of the molecule is CC(C)(C)OC(=O)C1NC1(Cc1ccc([N+](=O)[O-])cc1)C(=O)O. The lowest BCUT2D eigenvalue weighted by molar-refractivity contribution is -0.384. The molecule has 8 nitrogen and oxygen atoms in total. The van der Waals surface area contributed by atoms with Crippen LogP contribution in [0.2, 0.25) is 0 Å². The van der Waals surface area contributed by atoms with Gasteiger partial charge in [-0.05, 0) is 26.3 Å². The Labute approximate surface area is 132 Å². The van der Waals surface area contributed by atoms with E-state index in [-0.39, 0.29) is 12.1 Å². The van der Waals surface area contributed by atoms with Crippen molar-refractivity contribution in [1.29, 1.82) is 0 Å². The number of ether oxygens (including phenoxy) is 1. The number of rotatable bonds is 5. The summed E-state index contributed by atoms with van der Waals surface area (Å²) in [6.07, 6.45) is 0.0320. The van der Waals surface area contributed by atoms with Crippen LogP contribution in [0.4, 0.5) is 5.69 Å². The Kier molecular flexibility index (Phi) is 4.12. The summed E-state index contributed by atoms with van der Waals surface area (Å²) in [6.45, 7) is 5.10. The van der Waals surface area contributed by atoms with Crippen molar-refractivity contribution in [1.82, 2.24) is 5.32 Å². The van der Waals surface area contributed by atoms with E-state index in [0.717, 1.165) is 0 Å². The fraction of sp³-hybridized carbons (Fsp3) is 0.467. The molecule has 8 heteroatoms. The molecule has 0 bridgehead atoms. The molecule has 1 aromatic rings. The van der Waals surface area contributed by atoms with Gasteiger partial charge in [-0.3, -0.25) is 25.0 Å². The molecular weight excluding hydrogens is 304 g/mol. The second kappa shape index (κ2) is 5.62. The molecule has 1 saturated heterocycles. The van der Waals surface area contributed by atoms with Gasteiger partial charge in [0.15, 0.2) is 0 Å². The highest BCUT2D eigenvalue weighted by atomic mass is 16.6. The van der Waals surface area contributed by atoms with E-state index in [1.807, 2.05) is 0 Å². The summed E-state index contributed by atoms with van der Waals surface area (Å²) in [6, 6.07) is 4.63. The number of nitrogens with zero attached hydrogens (tertiary/aromatic N) is 1. The van der Waals surface area contributed by atoms with Crippen molar-refractivity contribution in [2.45, 2.75) is 44.4 Å². The number of non-ortho nitro benzene ring substituents is 1. The summed E-state index contributed by atoms with van der Waals surface area (Å²) in [4.78, 5) is 33.7. The average molecular weight is 322 g/mol.